The predicted octanol–water partition coefficient (Wildman–Crippen LogP) is 0.796. The number of methoxy groups -OCH3 is 2. The van der Waals surface area contributed by atoms with Crippen LogP contribution in [0.5, 0.6) is 11.5 Å². The Kier molecular flexibility index (Phi) is 6.69. The van der Waals surface area contributed by atoms with E-state index in [9.17, 15) is 14.4 Å². The number of amides is 4. The molecule has 174 valence electrons. The zero-order chi connectivity index (χ0) is 22.7. The minimum atomic E-state index is -0.334. The fraction of sp³-hybridized carbons (Fsp3) is 0.591. The summed E-state index contributed by atoms with van der Waals surface area (Å²) in [4.78, 5) is 45.0. The van der Waals surface area contributed by atoms with E-state index >= 15 is 0 Å². The van der Waals surface area contributed by atoms with E-state index < -0.39 is 0 Å². The van der Waals surface area contributed by atoms with Crippen LogP contribution in [0.1, 0.15) is 12.8 Å². The lowest BCUT2D eigenvalue weighted by Gasteiger charge is -2.36. The van der Waals surface area contributed by atoms with Crippen molar-refractivity contribution >= 4 is 23.5 Å². The third-order valence-electron chi connectivity index (χ3n) is 6.25. The lowest BCUT2D eigenvalue weighted by atomic mass is 10.2. The van der Waals surface area contributed by atoms with Crippen LogP contribution in [0.25, 0.3) is 0 Å². The van der Waals surface area contributed by atoms with E-state index in [2.05, 4.69) is 0 Å². The van der Waals surface area contributed by atoms with Gasteiger partial charge in [0.15, 0.2) is 0 Å². The number of ether oxygens (including phenoxy) is 3. The van der Waals surface area contributed by atoms with Crippen LogP contribution in [-0.4, -0.2) is 105 Å². The normalized spacial score (nSPS) is 21.3. The summed E-state index contributed by atoms with van der Waals surface area (Å²) in [5.74, 6) is 1.10. The van der Waals surface area contributed by atoms with Gasteiger partial charge in [-0.05, 0) is 25.0 Å². The Balaban J connectivity index is 1.32. The lowest BCUT2D eigenvalue weighted by molar-refractivity contribution is -0.146. The molecule has 3 saturated heterocycles. The van der Waals surface area contributed by atoms with Gasteiger partial charge in [0, 0.05) is 51.9 Å². The molecule has 4 amide bonds. The van der Waals surface area contributed by atoms with Crippen LogP contribution < -0.4 is 14.4 Å². The van der Waals surface area contributed by atoms with Crippen molar-refractivity contribution in [1.82, 2.24) is 14.7 Å². The molecule has 0 N–H and O–H groups in total. The number of hydrogen-bond acceptors (Lipinski definition) is 6. The average molecular weight is 447 g/mol. The SMILES string of the molecule is COc1ccc(OC)c(N2CCN(CC(=O)N3CCN(C(=O)C4CCCO4)CC3)C2=O)c1. The van der Waals surface area contributed by atoms with Gasteiger partial charge in [0.1, 0.15) is 24.1 Å². The van der Waals surface area contributed by atoms with Crippen LogP contribution in [0.3, 0.4) is 0 Å². The number of urea groups is 1. The van der Waals surface area contributed by atoms with Gasteiger partial charge < -0.3 is 28.9 Å². The minimum Gasteiger partial charge on any atom is -0.497 e. The van der Waals surface area contributed by atoms with E-state index in [1.165, 1.54) is 0 Å². The summed E-state index contributed by atoms with van der Waals surface area (Å²) >= 11 is 0. The molecule has 0 aromatic heterocycles. The zero-order valence-corrected chi connectivity index (χ0v) is 18.6. The summed E-state index contributed by atoms with van der Waals surface area (Å²) in [7, 11) is 3.12. The molecule has 10 heteroatoms. The van der Waals surface area contributed by atoms with Crippen molar-refractivity contribution < 1.29 is 28.6 Å². The summed E-state index contributed by atoms with van der Waals surface area (Å²) in [6.45, 7) is 3.47. The summed E-state index contributed by atoms with van der Waals surface area (Å²) in [6.07, 6.45) is 1.35. The Hall–Kier alpha value is -3.01. The van der Waals surface area contributed by atoms with Crippen molar-refractivity contribution in [2.75, 3.05) is 71.5 Å². The lowest BCUT2D eigenvalue weighted by Crippen LogP contribution is -2.54. The summed E-state index contributed by atoms with van der Waals surface area (Å²) in [5.41, 5.74) is 0.619. The highest BCUT2D eigenvalue weighted by molar-refractivity contribution is 5.98. The van der Waals surface area contributed by atoms with Crippen molar-refractivity contribution in [3.8, 4) is 11.5 Å². The van der Waals surface area contributed by atoms with Gasteiger partial charge in [-0.15, -0.1) is 0 Å². The molecular weight excluding hydrogens is 416 g/mol. The first-order valence-corrected chi connectivity index (χ1v) is 11.0. The molecule has 1 aromatic rings. The highest BCUT2D eigenvalue weighted by Gasteiger charge is 2.35. The van der Waals surface area contributed by atoms with E-state index in [1.54, 1.807) is 52.0 Å². The first kappa shape index (κ1) is 22.2. The number of carbonyl (C=O) groups is 3. The standard InChI is InChI=1S/C22H30N4O6/c1-30-16-5-6-18(31-2)17(14-16)26-12-11-25(22(26)29)15-20(27)23-7-9-24(10-8-23)21(28)19-4-3-13-32-19/h5-6,14,19H,3-4,7-13,15H2,1-2H3. The van der Waals surface area contributed by atoms with Crippen LogP contribution >= 0.6 is 0 Å². The van der Waals surface area contributed by atoms with Gasteiger partial charge in [-0.1, -0.05) is 0 Å². The third kappa shape index (κ3) is 4.45. The van der Waals surface area contributed by atoms with E-state index in [1.807, 2.05) is 0 Å². The summed E-state index contributed by atoms with van der Waals surface area (Å²) < 4.78 is 16.2. The van der Waals surface area contributed by atoms with Crippen molar-refractivity contribution in [2.24, 2.45) is 0 Å². The number of anilines is 1. The molecule has 3 heterocycles. The Morgan fingerprint density at radius 1 is 1.03 bits per heavy atom. The monoisotopic (exact) mass is 446 g/mol. The van der Waals surface area contributed by atoms with Crippen molar-refractivity contribution in [3.63, 3.8) is 0 Å². The van der Waals surface area contributed by atoms with Crippen LogP contribution in [0.15, 0.2) is 18.2 Å². The Morgan fingerprint density at radius 2 is 1.78 bits per heavy atom. The quantitative estimate of drug-likeness (QED) is 0.642. The molecule has 0 spiro atoms. The van der Waals surface area contributed by atoms with Gasteiger partial charge in [0.05, 0.1) is 19.9 Å². The minimum absolute atomic E-state index is 0.0152. The number of hydrogen-bond donors (Lipinski definition) is 0. The molecule has 3 fully saturated rings. The summed E-state index contributed by atoms with van der Waals surface area (Å²) in [6, 6.07) is 5.05. The van der Waals surface area contributed by atoms with E-state index in [4.69, 9.17) is 14.2 Å². The van der Waals surface area contributed by atoms with Crippen LogP contribution in [0.4, 0.5) is 10.5 Å². The molecule has 1 aromatic carbocycles. The number of rotatable bonds is 6. The Morgan fingerprint density at radius 3 is 2.44 bits per heavy atom. The molecule has 0 aliphatic carbocycles. The first-order chi connectivity index (χ1) is 15.5. The van der Waals surface area contributed by atoms with Gasteiger partial charge in [-0.25, -0.2) is 4.79 Å². The van der Waals surface area contributed by atoms with Crippen molar-refractivity contribution in [1.29, 1.82) is 0 Å². The number of piperazine rings is 1. The van der Waals surface area contributed by atoms with Gasteiger partial charge in [0.25, 0.3) is 5.91 Å². The van der Waals surface area contributed by atoms with Crippen LogP contribution in [0, 0.1) is 0 Å². The molecule has 10 nitrogen and oxygen atoms in total. The molecular formula is C22H30N4O6. The van der Waals surface area contributed by atoms with Gasteiger partial charge >= 0.3 is 6.03 Å². The molecule has 3 aliphatic heterocycles. The molecule has 32 heavy (non-hydrogen) atoms. The maximum atomic E-state index is 13.0. The average Bonchev–Trinajstić information content (AvgIpc) is 3.49. The number of carbonyl (C=O) groups excluding carboxylic acids is 3. The molecule has 0 bridgehead atoms. The van der Waals surface area contributed by atoms with E-state index in [-0.39, 0.29) is 30.5 Å². The Bertz CT molecular complexity index is 864. The Labute approximate surface area is 187 Å². The van der Waals surface area contributed by atoms with Gasteiger partial charge in [-0.2, -0.15) is 0 Å². The molecule has 1 atom stereocenters. The largest absolute Gasteiger partial charge is 0.497 e. The molecule has 4 rings (SSSR count). The van der Waals surface area contributed by atoms with Gasteiger partial charge in [0.2, 0.25) is 5.91 Å². The molecule has 0 radical (unpaired) electrons. The number of benzene rings is 1. The second kappa shape index (κ2) is 9.64. The van der Waals surface area contributed by atoms with Crippen molar-refractivity contribution in [3.05, 3.63) is 18.2 Å². The maximum Gasteiger partial charge on any atom is 0.325 e. The topological polar surface area (TPSA) is 91.9 Å². The smallest absolute Gasteiger partial charge is 0.325 e. The van der Waals surface area contributed by atoms with Gasteiger partial charge in [-0.3, -0.25) is 14.5 Å². The molecule has 3 aliphatic rings. The number of nitrogens with zero attached hydrogens (tertiary/aromatic N) is 4. The third-order valence-corrected chi connectivity index (χ3v) is 6.25. The van der Waals surface area contributed by atoms with Crippen LogP contribution in [0.2, 0.25) is 0 Å². The molecule has 0 saturated carbocycles. The predicted molar refractivity (Wildman–Crippen MR) is 116 cm³/mol. The summed E-state index contributed by atoms with van der Waals surface area (Å²) in [5, 5.41) is 0. The highest BCUT2D eigenvalue weighted by atomic mass is 16.5. The second-order valence-corrected chi connectivity index (χ2v) is 8.10. The van der Waals surface area contributed by atoms with Crippen molar-refractivity contribution in [2.45, 2.75) is 18.9 Å². The molecule has 1 unspecified atom stereocenters. The van der Waals surface area contributed by atoms with E-state index in [0.717, 1.165) is 12.8 Å². The van der Waals surface area contributed by atoms with E-state index in [0.29, 0.717) is 63.1 Å². The fourth-order valence-corrected chi connectivity index (χ4v) is 4.38. The van der Waals surface area contributed by atoms with Crippen LogP contribution in [-0.2, 0) is 14.3 Å². The maximum absolute atomic E-state index is 13.0. The first-order valence-electron chi connectivity index (χ1n) is 11.0. The zero-order valence-electron chi connectivity index (χ0n) is 18.6. The fourth-order valence-electron chi connectivity index (χ4n) is 4.38. The highest BCUT2D eigenvalue weighted by Crippen LogP contribution is 2.34. The second-order valence-electron chi connectivity index (χ2n) is 8.10.